The Kier molecular flexibility index (Phi) is 2.68. The van der Waals surface area contributed by atoms with Crippen LogP contribution >= 0.6 is 0 Å². The van der Waals surface area contributed by atoms with Crippen molar-refractivity contribution >= 4 is 0 Å². The van der Waals surface area contributed by atoms with E-state index < -0.39 is 0 Å². The molecule has 94 valence electrons. The van der Waals surface area contributed by atoms with Gasteiger partial charge in [-0.1, -0.05) is 12.1 Å². The molecule has 0 aliphatic carbocycles. The van der Waals surface area contributed by atoms with Gasteiger partial charge in [-0.3, -0.25) is 5.10 Å². The Morgan fingerprint density at radius 1 is 0.737 bits per heavy atom. The van der Waals surface area contributed by atoms with E-state index in [0.717, 1.165) is 22.4 Å². The Bertz CT molecular complexity index is 625. The summed E-state index contributed by atoms with van der Waals surface area (Å²) in [4.78, 5) is 0. The van der Waals surface area contributed by atoms with Gasteiger partial charge in [0.1, 0.15) is 11.5 Å². The van der Waals surface area contributed by atoms with Crippen molar-refractivity contribution in [1.82, 2.24) is 10.2 Å². The number of nitrogens with one attached hydrogen (secondary N) is 1. The summed E-state index contributed by atoms with van der Waals surface area (Å²) in [5.74, 6) is 0.466. The van der Waals surface area contributed by atoms with Gasteiger partial charge in [-0.05, 0) is 42.0 Å². The van der Waals surface area contributed by atoms with Crippen molar-refractivity contribution in [2.75, 3.05) is 0 Å². The van der Waals surface area contributed by atoms with Gasteiger partial charge in [-0.25, -0.2) is 0 Å². The highest BCUT2D eigenvalue weighted by Crippen LogP contribution is 2.31. The zero-order valence-corrected chi connectivity index (χ0v) is 10.0. The molecule has 3 aromatic rings. The Hall–Kier alpha value is -2.75. The summed E-state index contributed by atoms with van der Waals surface area (Å²) in [6.45, 7) is 0. The second kappa shape index (κ2) is 4.49. The monoisotopic (exact) mass is 252 g/mol. The molecule has 1 aromatic heterocycles. The SMILES string of the molecule is Oc1ccc(-c2cn[nH]c2-c2ccc(O)cc2)cc1. The molecule has 3 rings (SSSR count). The van der Waals surface area contributed by atoms with Crippen LogP contribution in [0, 0.1) is 0 Å². The van der Waals surface area contributed by atoms with E-state index in [9.17, 15) is 10.2 Å². The second-order valence-corrected chi connectivity index (χ2v) is 4.25. The summed E-state index contributed by atoms with van der Waals surface area (Å²) in [7, 11) is 0. The molecule has 0 bridgehead atoms. The number of aromatic hydroxyl groups is 2. The summed E-state index contributed by atoms with van der Waals surface area (Å²) >= 11 is 0. The Morgan fingerprint density at radius 3 is 1.84 bits per heavy atom. The van der Waals surface area contributed by atoms with E-state index in [4.69, 9.17) is 0 Å². The van der Waals surface area contributed by atoms with Crippen molar-refractivity contribution in [3.05, 3.63) is 54.7 Å². The maximum atomic E-state index is 9.32. The minimum absolute atomic E-state index is 0.231. The third kappa shape index (κ3) is 2.15. The predicted molar refractivity (Wildman–Crippen MR) is 72.8 cm³/mol. The second-order valence-electron chi connectivity index (χ2n) is 4.25. The number of rotatable bonds is 2. The van der Waals surface area contributed by atoms with E-state index >= 15 is 0 Å². The highest BCUT2D eigenvalue weighted by atomic mass is 16.3. The quantitative estimate of drug-likeness (QED) is 0.656. The van der Waals surface area contributed by atoms with E-state index in [1.54, 1.807) is 30.5 Å². The van der Waals surface area contributed by atoms with Crippen LogP contribution in [0.25, 0.3) is 22.4 Å². The van der Waals surface area contributed by atoms with Crippen LogP contribution in [-0.4, -0.2) is 20.4 Å². The number of aromatic amines is 1. The highest BCUT2D eigenvalue weighted by molar-refractivity contribution is 5.80. The maximum absolute atomic E-state index is 9.32. The van der Waals surface area contributed by atoms with Gasteiger partial charge in [0.25, 0.3) is 0 Å². The molecule has 1 heterocycles. The zero-order chi connectivity index (χ0) is 13.2. The lowest BCUT2D eigenvalue weighted by Gasteiger charge is -2.04. The van der Waals surface area contributed by atoms with E-state index in [0.29, 0.717) is 0 Å². The smallest absolute Gasteiger partial charge is 0.115 e. The first-order chi connectivity index (χ1) is 9.24. The van der Waals surface area contributed by atoms with Crippen LogP contribution in [0.1, 0.15) is 0 Å². The van der Waals surface area contributed by atoms with Crippen molar-refractivity contribution in [3.8, 4) is 33.9 Å². The van der Waals surface area contributed by atoms with Crippen molar-refractivity contribution in [2.45, 2.75) is 0 Å². The lowest BCUT2D eigenvalue weighted by molar-refractivity contribution is 0.475. The van der Waals surface area contributed by atoms with Crippen LogP contribution in [0.2, 0.25) is 0 Å². The van der Waals surface area contributed by atoms with Crippen molar-refractivity contribution < 1.29 is 10.2 Å². The molecule has 0 unspecified atom stereocenters. The van der Waals surface area contributed by atoms with Gasteiger partial charge in [0.15, 0.2) is 0 Å². The fraction of sp³-hybridized carbons (Fsp3) is 0. The van der Waals surface area contributed by atoms with Crippen LogP contribution in [0.15, 0.2) is 54.7 Å². The summed E-state index contributed by atoms with van der Waals surface area (Å²) < 4.78 is 0. The average molecular weight is 252 g/mol. The van der Waals surface area contributed by atoms with Gasteiger partial charge in [0, 0.05) is 11.1 Å². The molecular weight excluding hydrogens is 240 g/mol. The topological polar surface area (TPSA) is 69.1 Å². The van der Waals surface area contributed by atoms with Gasteiger partial charge >= 0.3 is 0 Å². The van der Waals surface area contributed by atoms with Crippen molar-refractivity contribution in [3.63, 3.8) is 0 Å². The molecule has 0 aliphatic heterocycles. The Balaban J connectivity index is 2.07. The molecule has 3 N–H and O–H groups in total. The summed E-state index contributed by atoms with van der Waals surface area (Å²) in [5.41, 5.74) is 3.74. The first-order valence-corrected chi connectivity index (χ1v) is 5.86. The summed E-state index contributed by atoms with van der Waals surface area (Å²) in [5, 5.41) is 25.7. The van der Waals surface area contributed by atoms with Gasteiger partial charge in [-0.15, -0.1) is 0 Å². The van der Waals surface area contributed by atoms with Crippen LogP contribution in [-0.2, 0) is 0 Å². The van der Waals surface area contributed by atoms with E-state index in [-0.39, 0.29) is 11.5 Å². The number of hydrogen-bond donors (Lipinski definition) is 3. The van der Waals surface area contributed by atoms with Crippen LogP contribution < -0.4 is 0 Å². The minimum Gasteiger partial charge on any atom is -0.508 e. The molecule has 0 saturated heterocycles. The average Bonchev–Trinajstić information content (AvgIpc) is 2.90. The van der Waals surface area contributed by atoms with E-state index in [1.807, 2.05) is 24.3 Å². The number of phenols is 2. The molecule has 0 radical (unpaired) electrons. The number of phenolic OH excluding ortho intramolecular Hbond substituents is 2. The maximum Gasteiger partial charge on any atom is 0.115 e. The fourth-order valence-electron chi connectivity index (χ4n) is 1.99. The largest absolute Gasteiger partial charge is 0.508 e. The first-order valence-electron chi connectivity index (χ1n) is 5.86. The molecule has 0 spiro atoms. The van der Waals surface area contributed by atoms with Gasteiger partial charge in [0.2, 0.25) is 0 Å². The third-order valence-electron chi connectivity index (χ3n) is 2.97. The molecule has 0 fully saturated rings. The standard InChI is InChI=1S/C15H12N2O2/c18-12-5-1-10(2-6-12)14-9-16-17-15(14)11-3-7-13(19)8-4-11/h1-9,18-19H,(H,16,17). The van der Waals surface area contributed by atoms with Crippen LogP contribution in [0.4, 0.5) is 0 Å². The van der Waals surface area contributed by atoms with Crippen LogP contribution in [0.5, 0.6) is 11.5 Å². The summed E-state index contributed by atoms with van der Waals surface area (Å²) in [6, 6.07) is 13.9. The zero-order valence-electron chi connectivity index (χ0n) is 10.0. The number of nitrogens with zero attached hydrogens (tertiary/aromatic N) is 1. The molecule has 0 atom stereocenters. The molecule has 19 heavy (non-hydrogen) atoms. The molecule has 2 aromatic carbocycles. The molecule has 0 amide bonds. The van der Waals surface area contributed by atoms with E-state index in [2.05, 4.69) is 10.2 Å². The lowest BCUT2D eigenvalue weighted by Crippen LogP contribution is -1.82. The number of benzene rings is 2. The molecule has 0 aliphatic rings. The third-order valence-corrected chi connectivity index (χ3v) is 2.97. The Labute approximate surface area is 110 Å². The number of H-pyrrole nitrogens is 1. The molecule has 0 saturated carbocycles. The van der Waals surface area contributed by atoms with Gasteiger partial charge in [0.05, 0.1) is 11.9 Å². The van der Waals surface area contributed by atoms with Crippen molar-refractivity contribution in [2.24, 2.45) is 0 Å². The lowest BCUT2D eigenvalue weighted by atomic mass is 10.0. The van der Waals surface area contributed by atoms with Crippen LogP contribution in [0.3, 0.4) is 0 Å². The van der Waals surface area contributed by atoms with Gasteiger partial charge < -0.3 is 10.2 Å². The summed E-state index contributed by atoms with van der Waals surface area (Å²) in [6.07, 6.45) is 1.74. The predicted octanol–water partition coefficient (Wildman–Crippen LogP) is 3.15. The highest BCUT2D eigenvalue weighted by Gasteiger charge is 2.09. The number of aromatic nitrogens is 2. The number of hydrogen-bond acceptors (Lipinski definition) is 3. The van der Waals surface area contributed by atoms with E-state index in [1.165, 1.54) is 0 Å². The minimum atomic E-state index is 0.231. The molecule has 4 nitrogen and oxygen atoms in total. The molecule has 4 heteroatoms. The molecular formula is C15H12N2O2. The van der Waals surface area contributed by atoms with Gasteiger partial charge in [-0.2, -0.15) is 5.10 Å². The fourth-order valence-corrected chi connectivity index (χ4v) is 1.99. The van der Waals surface area contributed by atoms with Crippen molar-refractivity contribution in [1.29, 1.82) is 0 Å². The normalized spacial score (nSPS) is 10.5. The first kappa shape index (κ1) is 11.3. The Morgan fingerprint density at radius 2 is 1.26 bits per heavy atom.